The topological polar surface area (TPSA) is 69.0 Å². The number of benzene rings is 2. The largest absolute Gasteiger partial charge is 0.496 e. The number of methoxy groups -OCH3 is 1. The maximum Gasteiger partial charge on any atom is 0.234 e. The second-order valence-corrected chi connectivity index (χ2v) is 7.49. The van der Waals surface area contributed by atoms with Crippen LogP contribution in [0.15, 0.2) is 53.7 Å². The second kappa shape index (κ2) is 8.54. The van der Waals surface area contributed by atoms with E-state index in [9.17, 15) is 4.79 Å². The molecule has 0 bridgehead atoms. The van der Waals surface area contributed by atoms with Gasteiger partial charge in [0.1, 0.15) is 5.75 Å². The molecule has 2 aromatic carbocycles. The summed E-state index contributed by atoms with van der Waals surface area (Å²) in [5.74, 6) is 1.60. The van der Waals surface area contributed by atoms with Gasteiger partial charge in [0.05, 0.1) is 24.1 Å². The molecule has 3 rings (SSSR count). The number of anilines is 1. The molecule has 26 heavy (non-hydrogen) atoms. The van der Waals surface area contributed by atoms with Gasteiger partial charge in [0.15, 0.2) is 11.0 Å². The number of carbonyl (C=O) groups excluding carboxylic acids is 1. The number of aromatic nitrogens is 3. The molecule has 0 aliphatic rings. The van der Waals surface area contributed by atoms with Gasteiger partial charge in [-0.3, -0.25) is 4.79 Å². The molecule has 0 aliphatic heterocycles. The minimum absolute atomic E-state index is 0.0824. The van der Waals surface area contributed by atoms with Gasteiger partial charge in [-0.2, -0.15) is 0 Å². The van der Waals surface area contributed by atoms with Crippen molar-refractivity contribution in [2.45, 2.75) is 5.16 Å². The zero-order chi connectivity index (χ0) is 18.5. The summed E-state index contributed by atoms with van der Waals surface area (Å²) in [6.45, 7) is 0. The number of ether oxygens (including phenoxy) is 1. The monoisotopic (exact) mass is 480 g/mol. The van der Waals surface area contributed by atoms with Gasteiger partial charge in [-0.25, -0.2) is 0 Å². The van der Waals surface area contributed by atoms with E-state index in [1.807, 2.05) is 60.1 Å². The summed E-state index contributed by atoms with van der Waals surface area (Å²) in [5, 5.41) is 12.0. The highest BCUT2D eigenvalue weighted by Crippen LogP contribution is 2.30. The highest BCUT2D eigenvalue weighted by atomic mass is 127. The van der Waals surface area contributed by atoms with Crippen molar-refractivity contribution < 1.29 is 9.53 Å². The highest BCUT2D eigenvalue weighted by Gasteiger charge is 2.16. The lowest BCUT2D eigenvalue weighted by molar-refractivity contribution is -0.113. The smallest absolute Gasteiger partial charge is 0.234 e. The lowest BCUT2D eigenvalue weighted by Gasteiger charge is -2.08. The Morgan fingerprint density at radius 3 is 2.69 bits per heavy atom. The van der Waals surface area contributed by atoms with Crippen LogP contribution in [0.3, 0.4) is 0 Å². The number of para-hydroxylation sites is 2. The van der Waals surface area contributed by atoms with Crippen LogP contribution in [0.1, 0.15) is 0 Å². The summed E-state index contributed by atoms with van der Waals surface area (Å²) in [4.78, 5) is 12.2. The summed E-state index contributed by atoms with van der Waals surface area (Å²) in [7, 11) is 3.50. The number of thioether (sulfide) groups is 1. The molecule has 8 heteroatoms. The zero-order valence-corrected chi connectivity index (χ0v) is 17.2. The van der Waals surface area contributed by atoms with Crippen molar-refractivity contribution in [3.8, 4) is 17.1 Å². The summed E-state index contributed by atoms with van der Waals surface area (Å²) >= 11 is 3.54. The summed E-state index contributed by atoms with van der Waals surface area (Å²) in [6, 6.07) is 15.3. The van der Waals surface area contributed by atoms with Gasteiger partial charge in [-0.05, 0) is 46.9 Å². The minimum Gasteiger partial charge on any atom is -0.496 e. The fourth-order valence-electron chi connectivity index (χ4n) is 2.38. The molecule has 0 atom stereocenters. The van der Waals surface area contributed by atoms with Crippen LogP contribution < -0.4 is 10.1 Å². The predicted octanol–water partition coefficient (Wildman–Crippen LogP) is 3.83. The minimum atomic E-state index is -0.0824. The summed E-state index contributed by atoms with van der Waals surface area (Å²) < 4.78 is 8.25. The Labute approximate surface area is 169 Å². The number of nitrogens with one attached hydrogen (secondary N) is 1. The van der Waals surface area contributed by atoms with Gasteiger partial charge in [0.2, 0.25) is 5.91 Å². The number of rotatable bonds is 6. The van der Waals surface area contributed by atoms with Crippen LogP contribution in [0.25, 0.3) is 11.4 Å². The van der Waals surface area contributed by atoms with Crippen LogP contribution in [0.2, 0.25) is 0 Å². The number of nitrogens with zero attached hydrogens (tertiary/aromatic N) is 3. The van der Waals surface area contributed by atoms with Crippen molar-refractivity contribution >= 4 is 45.9 Å². The molecule has 0 aliphatic carbocycles. The van der Waals surface area contributed by atoms with E-state index in [0.717, 1.165) is 20.6 Å². The first-order valence-corrected chi connectivity index (χ1v) is 9.86. The Morgan fingerprint density at radius 1 is 1.19 bits per heavy atom. The summed E-state index contributed by atoms with van der Waals surface area (Å²) in [5.41, 5.74) is 1.67. The third-order valence-corrected chi connectivity index (χ3v) is 5.62. The molecule has 1 aromatic heterocycles. The molecule has 6 nitrogen and oxygen atoms in total. The third-order valence-electron chi connectivity index (χ3n) is 3.66. The molecule has 0 spiro atoms. The van der Waals surface area contributed by atoms with Crippen molar-refractivity contribution in [1.29, 1.82) is 0 Å². The standard InChI is InChI=1S/C18H17IN4O2S/c1-23-17(12-7-3-6-10-15(12)25-2)21-22-18(23)26-11-16(24)20-14-9-5-4-8-13(14)19/h3-10H,11H2,1-2H3,(H,20,24). The Bertz CT molecular complexity index is 929. The van der Waals surface area contributed by atoms with Crippen LogP contribution in [-0.4, -0.2) is 33.5 Å². The number of amides is 1. The number of halogens is 1. The maximum atomic E-state index is 12.2. The molecular weight excluding hydrogens is 463 g/mol. The van der Waals surface area contributed by atoms with Crippen LogP contribution in [-0.2, 0) is 11.8 Å². The molecule has 0 radical (unpaired) electrons. The molecule has 0 fully saturated rings. The van der Waals surface area contributed by atoms with Gasteiger partial charge in [0, 0.05) is 10.6 Å². The van der Waals surface area contributed by atoms with Crippen molar-refractivity contribution in [3.63, 3.8) is 0 Å². The predicted molar refractivity (Wildman–Crippen MR) is 112 cm³/mol. The van der Waals surface area contributed by atoms with Crippen molar-refractivity contribution in [1.82, 2.24) is 14.8 Å². The van der Waals surface area contributed by atoms with E-state index in [2.05, 4.69) is 38.1 Å². The van der Waals surface area contributed by atoms with E-state index < -0.39 is 0 Å². The zero-order valence-electron chi connectivity index (χ0n) is 14.3. The van der Waals surface area contributed by atoms with Crippen LogP contribution in [0, 0.1) is 3.57 Å². The van der Waals surface area contributed by atoms with Crippen molar-refractivity contribution in [2.24, 2.45) is 7.05 Å². The Hall–Kier alpha value is -2.07. The van der Waals surface area contributed by atoms with E-state index in [1.165, 1.54) is 11.8 Å². The first-order chi connectivity index (χ1) is 12.6. The fraction of sp³-hybridized carbons (Fsp3) is 0.167. The first-order valence-electron chi connectivity index (χ1n) is 7.80. The fourth-order valence-corrected chi connectivity index (χ4v) is 3.62. The quantitative estimate of drug-likeness (QED) is 0.429. The average molecular weight is 480 g/mol. The van der Waals surface area contributed by atoms with Gasteiger partial charge in [-0.15, -0.1) is 10.2 Å². The van der Waals surface area contributed by atoms with Crippen LogP contribution in [0.5, 0.6) is 5.75 Å². The van der Waals surface area contributed by atoms with E-state index in [1.54, 1.807) is 7.11 Å². The molecule has 1 amide bonds. The van der Waals surface area contributed by atoms with E-state index in [0.29, 0.717) is 11.0 Å². The van der Waals surface area contributed by atoms with Crippen molar-refractivity contribution in [2.75, 3.05) is 18.2 Å². The molecule has 0 saturated carbocycles. The first kappa shape index (κ1) is 18.7. The lowest BCUT2D eigenvalue weighted by atomic mass is 10.2. The number of carbonyl (C=O) groups is 1. The van der Waals surface area contributed by atoms with Crippen LogP contribution in [0.4, 0.5) is 5.69 Å². The highest BCUT2D eigenvalue weighted by molar-refractivity contribution is 14.1. The molecule has 1 heterocycles. The normalized spacial score (nSPS) is 10.6. The number of hydrogen-bond acceptors (Lipinski definition) is 5. The second-order valence-electron chi connectivity index (χ2n) is 5.38. The molecule has 3 aromatic rings. The molecule has 134 valence electrons. The van der Waals surface area contributed by atoms with Gasteiger partial charge in [-0.1, -0.05) is 36.0 Å². The van der Waals surface area contributed by atoms with E-state index in [4.69, 9.17) is 4.74 Å². The summed E-state index contributed by atoms with van der Waals surface area (Å²) in [6.07, 6.45) is 0. The van der Waals surface area contributed by atoms with E-state index in [-0.39, 0.29) is 11.7 Å². The Balaban J connectivity index is 1.69. The average Bonchev–Trinajstić information content (AvgIpc) is 3.02. The lowest BCUT2D eigenvalue weighted by Crippen LogP contribution is -2.15. The van der Waals surface area contributed by atoms with Gasteiger partial charge in [0.25, 0.3) is 0 Å². The van der Waals surface area contributed by atoms with Gasteiger partial charge >= 0.3 is 0 Å². The molecular formula is C18H17IN4O2S. The van der Waals surface area contributed by atoms with E-state index >= 15 is 0 Å². The maximum absolute atomic E-state index is 12.2. The number of hydrogen-bond donors (Lipinski definition) is 1. The Morgan fingerprint density at radius 2 is 1.92 bits per heavy atom. The van der Waals surface area contributed by atoms with Crippen LogP contribution >= 0.6 is 34.4 Å². The van der Waals surface area contributed by atoms with Crippen molar-refractivity contribution in [3.05, 3.63) is 52.1 Å². The molecule has 0 saturated heterocycles. The van der Waals surface area contributed by atoms with Gasteiger partial charge < -0.3 is 14.6 Å². The SMILES string of the molecule is COc1ccccc1-c1nnc(SCC(=O)Nc2ccccc2I)n1C. The Kier molecular flexibility index (Phi) is 6.15. The molecule has 0 unspecified atom stereocenters. The third kappa shape index (κ3) is 4.18. The molecule has 1 N–H and O–H groups in total.